The van der Waals surface area contributed by atoms with Gasteiger partial charge in [-0.1, -0.05) is 18.2 Å². The fourth-order valence-electron chi connectivity index (χ4n) is 3.31. The van der Waals surface area contributed by atoms with E-state index in [0.29, 0.717) is 24.4 Å². The maximum atomic E-state index is 12.6. The van der Waals surface area contributed by atoms with Gasteiger partial charge in [-0.25, -0.2) is 16.8 Å². The number of carbonyl (C=O) groups is 1. The number of fused-ring (bicyclic) bond motifs is 1. The Balaban J connectivity index is 1.50. The molecule has 0 aliphatic carbocycles. The molecule has 12 heteroatoms. The molecule has 2 aromatic rings. The molecule has 2 aliphatic heterocycles. The first-order valence-electron chi connectivity index (χ1n) is 9.83. The van der Waals surface area contributed by atoms with E-state index in [0.717, 1.165) is 6.42 Å². The molecule has 4 rings (SSSR count). The number of rotatable bonds is 5. The second-order valence-corrected chi connectivity index (χ2v) is 10.6. The first-order chi connectivity index (χ1) is 15.2. The number of benzene rings is 2. The molecule has 0 unspecified atom stereocenters. The molecule has 0 aromatic heterocycles. The smallest absolute Gasteiger partial charge is 0.263 e. The normalized spacial score (nSPS) is 19.0. The number of nitrogens with zero attached hydrogens (tertiary/aromatic N) is 2. The third-order valence-electron chi connectivity index (χ3n) is 4.90. The van der Waals surface area contributed by atoms with Gasteiger partial charge in [0, 0.05) is 24.2 Å². The van der Waals surface area contributed by atoms with E-state index in [1.165, 1.54) is 31.2 Å². The average Bonchev–Trinajstić information content (AvgIpc) is 3.34. The Hall–Kier alpha value is -3.25. The minimum Gasteiger partial charge on any atom is -0.324 e. The first-order valence-corrected chi connectivity index (χ1v) is 12.8. The van der Waals surface area contributed by atoms with Crippen LogP contribution < -0.4 is 14.8 Å². The second kappa shape index (κ2) is 8.36. The van der Waals surface area contributed by atoms with Crippen LogP contribution in [0.4, 0.5) is 5.69 Å². The largest absolute Gasteiger partial charge is 0.324 e. The summed E-state index contributed by atoms with van der Waals surface area (Å²) in [6.45, 7) is 2.10. The Morgan fingerprint density at radius 3 is 2.72 bits per heavy atom. The summed E-state index contributed by atoms with van der Waals surface area (Å²) < 4.78 is 54.4. The van der Waals surface area contributed by atoms with Crippen LogP contribution >= 0.6 is 0 Å². The van der Waals surface area contributed by atoms with Crippen molar-refractivity contribution in [3.05, 3.63) is 54.1 Å². The van der Waals surface area contributed by atoms with Crippen LogP contribution in [0.2, 0.25) is 0 Å². The number of nitrogens with one attached hydrogen (secondary N) is 3. The molecule has 2 aliphatic rings. The van der Waals surface area contributed by atoms with Gasteiger partial charge in [0.15, 0.2) is 0 Å². The fraction of sp³-hybridized carbons (Fsp3) is 0.250. The summed E-state index contributed by atoms with van der Waals surface area (Å²) >= 11 is 0. The number of amidine groups is 2. The first kappa shape index (κ1) is 22.0. The molecule has 32 heavy (non-hydrogen) atoms. The van der Waals surface area contributed by atoms with Crippen LogP contribution in [0.5, 0.6) is 0 Å². The van der Waals surface area contributed by atoms with Crippen molar-refractivity contribution in [3.8, 4) is 0 Å². The van der Waals surface area contributed by atoms with Crippen molar-refractivity contribution in [1.29, 1.82) is 0 Å². The monoisotopic (exact) mass is 475 g/mol. The van der Waals surface area contributed by atoms with Gasteiger partial charge in [-0.05, 0) is 43.7 Å². The van der Waals surface area contributed by atoms with E-state index in [9.17, 15) is 21.6 Å². The van der Waals surface area contributed by atoms with Gasteiger partial charge in [-0.3, -0.25) is 24.2 Å². The summed E-state index contributed by atoms with van der Waals surface area (Å²) in [5.74, 6) is -0.0203. The zero-order valence-corrected chi connectivity index (χ0v) is 18.7. The highest BCUT2D eigenvalue weighted by Gasteiger charge is 2.31. The molecule has 2 aromatic carbocycles. The van der Waals surface area contributed by atoms with Crippen LogP contribution in [0.3, 0.4) is 0 Å². The van der Waals surface area contributed by atoms with Crippen molar-refractivity contribution in [3.63, 3.8) is 0 Å². The van der Waals surface area contributed by atoms with Crippen LogP contribution in [0.15, 0.2) is 68.3 Å². The molecule has 0 radical (unpaired) electrons. The molecular formula is C20H21N5O5S2. The predicted octanol–water partition coefficient (Wildman–Crippen LogP) is 1.22. The van der Waals surface area contributed by atoms with Crippen molar-refractivity contribution in [2.24, 2.45) is 9.98 Å². The molecule has 1 atom stereocenters. The number of hydrogen-bond acceptors (Lipinski definition) is 7. The second-order valence-electron chi connectivity index (χ2n) is 7.31. The number of carbonyl (C=O) groups excluding carboxylic acids is 1. The molecule has 0 saturated carbocycles. The number of aliphatic imine (C=N–C) groups is 2. The van der Waals surface area contributed by atoms with E-state index >= 15 is 0 Å². The molecule has 0 bridgehead atoms. The third kappa shape index (κ3) is 4.50. The highest BCUT2D eigenvalue weighted by Crippen LogP contribution is 2.23. The van der Waals surface area contributed by atoms with Crippen LogP contribution in [0, 0.1) is 0 Å². The maximum absolute atomic E-state index is 12.6. The van der Waals surface area contributed by atoms with Gasteiger partial charge in [-0.2, -0.15) is 0 Å². The number of amides is 1. The summed E-state index contributed by atoms with van der Waals surface area (Å²) in [7, 11) is -7.54. The lowest BCUT2D eigenvalue weighted by Gasteiger charge is -2.12. The third-order valence-corrected chi connectivity index (χ3v) is 7.68. The molecule has 10 nitrogen and oxygen atoms in total. The van der Waals surface area contributed by atoms with Crippen LogP contribution in [-0.4, -0.2) is 47.0 Å². The number of anilines is 1. The Kier molecular flexibility index (Phi) is 5.73. The molecule has 0 fully saturated rings. The lowest BCUT2D eigenvalue weighted by molar-refractivity contribution is -0.117. The van der Waals surface area contributed by atoms with E-state index in [2.05, 4.69) is 24.7 Å². The Bertz CT molecular complexity index is 1350. The highest BCUT2D eigenvalue weighted by molar-refractivity contribution is 7.90. The predicted molar refractivity (Wildman–Crippen MR) is 120 cm³/mol. The highest BCUT2D eigenvalue weighted by atomic mass is 32.2. The number of hydrogen-bond donors (Lipinski definition) is 3. The minimum atomic E-state index is -3.82. The molecule has 2 heterocycles. The summed E-state index contributed by atoms with van der Waals surface area (Å²) in [6, 6.07) is 11.2. The van der Waals surface area contributed by atoms with Crippen molar-refractivity contribution in [1.82, 2.24) is 9.44 Å². The fourth-order valence-corrected chi connectivity index (χ4v) is 5.68. The van der Waals surface area contributed by atoms with Gasteiger partial charge in [0.05, 0.1) is 9.79 Å². The summed E-state index contributed by atoms with van der Waals surface area (Å²) in [6.07, 6.45) is 1.37. The Morgan fingerprint density at radius 1 is 1.19 bits per heavy atom. The molecule has 168 valence electrons. The number of sulfonamides is 2. The summed E-state index contributed by atoms with van der Waals surface area (Å²) in [4.78, 5) is 21.0. The molecule has 0 spiro atoms. The standard InChI is InChI=1S/C20H21N5O5S2/c1-13(22-19-16-8-2-3-9-17(16)32(29,30)25-19)20(26)23-14-6-4-7-15(12-14)31(27,28)24-18-10-5-11-21-18/h2-4,6-9,12-13H,5,10-11H2,1H3,(H,21,24)(H,22,25)(H,23,26)/t13-/m1/s1. The van der Waals surface area contributed by atoms with Crippen LogP contribution in [0.1, 0.15) is 25.3 Å². The topological polar surface area (TPSA) is 146 Å². The quantitative estimate of drug-likeness (QED) is 0.595. The van der Waals surface area contributed by atoms with E-state index in [1.807, 2.05) is 0 Å². The van der Waals surface area contributed by atoms with Gasteiger partial charge in [0.2, 0.25) is 5.91 Å². The minimum absolute atomic E-state index is 0.0126. The van der Waals surface area contributed by atoms with Gasteiger partial charge < -0.3 is 5.32 Å². The van der Waals surface area contributed by atoms with E-state index in [1.54, 1.807) is 24.3 Å². The lowest BCUT2D eigenvalue weighted by atomic mass is 10.2. The van der Waals surface area contributed by atoms with Crippen molar-refractivity contribution in [2.45, 2.75) is 35.6 Å². The van der Waals surface area contributed by atoms with Crippen molar-refractivity contribution in [2.75, 3.05) is 11.9 Å². The maximum Gasteiger partial charge on any atom is 0.263 e. The molecule has 1 amide bonds. The zero-order chi connectivity index (χ0) is 22.9. The molecular weight excluding hydrogens is 454 g/mol. The van der Waals surface area contributed by atoms with Crippen molar-refractivity contribution < 1.29 is 21.6 Å². The SMILES string of the molecule is C[C@@H](N=C1NS(=O)(=O)c2ccccc21)C(=O)Nc1cccc(S(=O)(=O)NC2=NCCC2)c1. The Morgan fingerprint density at radius 2 is 1.97 bits per heavy atom. The summed E-state index contributed by atoms with van der Waals surface area (Å²) in [5.41, 5.74) is 0.659. The van der Waals surface area contributed by atoms with Gasteiger partial charge >= 0.3 is 0 Å². The van der Waals surface area contributed by atoms with Crippen molar-refractivity contribution >= 4 is 43.3 Å². The van der Waals surface area contributed by atoms with Gasteiger partial charge in [0.1, 0.15) is 17.7 Å². The van der Waals surface area contributed by atoms with Gasteiger partial charge in [-0.15, -0.1) is 0 Å². The van der Waals surface area contributed by atoms with Gasteiger partial charge in [0.25, 0.3) is 20.0 Å². The van der Waals surface area contributed by atoms with Crippen LogP contribution in [-0.2, 0) is 24.8 Å². The molecule has 0 saturated heterocycles. The van der Waals surface area contributed by atoms with E-state index in [4.69, 9.17) is 0 Å². The van der Waals surface area contributed by atoms with E-state index in [-0.39, 0.29) is 21.3 Å². The van der Waals surface area contributed by atoms with E-state index < -0.39 is 32.0 Å². The Labute approximate surface area is 186 Å². The summed E-state index contributed by atoms with van der Waals surface area (Å²) in [5, 5.41) is 2.62. The van der Waals surface area contributed by atoms with Crippen LogP contribution in [0.25, 0.3) is 0 Å². The zero-order valence-electron chi connectivity index (χ0n) is 17.1. The molecule has 3 N–H and O–H groups in total. The average molecular weight is 476 g/mol. The lowest BCUT2D eigenvalue weighted by Crippen LogP contribution is -2.30.